The molecule has 2 aliphatic rings. The molecule has 1 saturated carbocycles. The number of rotatable bonds is 1. The van der Waals surface area contributed by atoms with Crippen molar-refractivity contribution in [2.45, 2.75) is 44.6 Å². The molecule has 0 spiro atoms. The van der Waals surface area contributed by atoms with Gasteiger partial charge in [-0.3, -0.25) is 0 Å². The van der Waals surface area contributed by atoms with Gasteiger partial charge in [-0.2, -0.15) is 0 Å². The third-order valence-electron chi connectivity index (χ3n) is 5.97. The molecule has 0 saturated heterocycles. The molecule has 5 heteroatoms. The maximum absolute atomic E-state index is 11.9. The highest BCUT2D eigenvalue weighted by Crippen LogP contribution is 2.66. The SMILES string of the molecule is C[C@H]1CCC2(C(=O)[O-])CC(O)c3c(O)ccc(O)c3C12C. The van der Waals surface area contributed by atoms with Crippen LogP contribution in [-0.2, 0) is 10.2 Å². The second kappa shape index (κ2) is 4.13. The highest BCUT2D eigenvalue weighted by atomic mass is 16.4. The number of carboxylic acids is 1. The fourth-order valence-corrected chi connectivity index (χ4v) is 4.59. The van der Waals surface area contributed by atoms with Crippen molar-refractivity contribution >= 4 is 5.97 Å². The summed E-state index contributed by atoms with van der Waals surface area (Å²) in [5.74, 6) is -1.39. The van der Waals surface area contributed by atoms with Crippen molar-refractivity contribution in [1.29, 1.82) is 0 Å². The lowest BCUT2D eigenvalue weighted by Crippen LogP contribution is -2.56. The molecule has 3 rings (SSSR count). The molecular weight excluding hydrogens is 272 g/mol. The number of carboxylic acid groups (broad SMARTS) is 1. The van der Waals surface area contributed by atoms with Crippen molar-refractivity contribution in [2.75, 3.05) is 0 Å². The van der Waals surface area contributed by atoms with Crippen LogP contribution in [0.3, 0.4) is 0 Å². The average molecular weight is 291 g/mol. The van der Waals surface area contributed by atoms with Gasteiger partial charge in [0.1, 0.15) is 11.5 Å². The van der Waals surface area contributed by atoms with Gasteiger partial charge in [-0.1, -0.05) is 13.8 Å². The molecular formula is C16H19O5-. The Bertz CT molecular complexity index is 625. The van der Waals surface area contributed by atoms with Crippen LogP contribution in [0.1, 0.15) is 50.3 Å². The summed E-state index contributed by atoms with van der Waals surface area (Å²) in [6, 6.07) is 2.68. The fourth-order valence-electron chi connectivity index (χ4n) is 4.59. The maximum atomic E-state index is 11.9. The molecule has 4 atom stereocenters. The van der Waals surface area contributed by atoms with E-state index in [0.29, 0.717) is 18.4 Å². The monoisotopic (exact) mass is 291 g/mol. The van der Waals surface area contributed by atoms with Crippen LogP contribution in [0.2, 0.25) is 0 Å². The zero-order valence-electron chi connectivity index (χ0n) is 12.1. The van der Waals surface area contributed by atoms with Crippen molar-refractivity contribution in [3.63, 3.8) is 0 Å². The molecule has 114 valence electrons. The average Bonchev–Trinajstić information content (AvgIpc) is 2.68. The predicted molar refractivity (Wildman–Crippen MR) is 72.5 cm³/mol. The number of aliphatic carboxylic acids is 1. The molecule has 0 bridgehead atoms. The van der Waals surface area contributed by atoms with Gasteiger partial charge in [-0.15, -0.1) is 0 Å². The normalized spacial score (nSPS) is 37.9. The lowest BCUT2D eigenvalue weighted by atomic mass is 9.53. The number of benzene rings is 1. The van der Waals surface area contributed by atoms with Crippen LogP contribution in [0.4, 0.5) is 0 Å². The van der Waals surface area contributed by atoms with Gasteiger partial charge in [0, 0.05) is 27.9 Å². The molecule has 5 nitrogen and oxygen atoms in total. The van der Waals surface area contributed by atoms with Crippen LogP contribution in [0.25, 0.3) is 0 Å². The number of carbonyl (C=O) groups is 1. The van der Waals surface area contributed by atoms with Gasteiger partial charge >= 0.3 is 0 Å². The summed E-state index contributed by atoms with van der Waals surface area (Å²) >= 11 is 0. The zero-order valence-corrected chi connectivity index (χ0v) is 12.1. The molecule has 1 aromatic rings. The topological polar surface area (TPSA) is 101 Å². The summed E-state index contributed by atoms with van der Waals surface area (Å²) in [4.78, 5) is 11.9. The van der Waals surface area contributed by atoms with Gasteiger partial charge in [0.05, 0.1) is 6.10 Å². The molecule has 21 heavy (non-hydrogen) atoms. The van der Waals surface area contributed by atoms with E-state index in [2.05, 4.69) is 0 Å². The first-order valence-electron chi connectivity index (χ1n) is 7.20. The molecule has 1 fully saturated rings. The van der Waals surface area contributed by atoms with Crippen LogP contribution < -0.4 is 5.11 Å². The molecule has 0 aliphatic heterocycles. The van der Waals surface area contributed by atoms with Crippen LogP contribution in [0.15, 0.2) is 12.1 Å². The molecule has 1 aromatic carbocycles. The lowest BCUT2D eigenvalue weighted by Gasteiger charge is -2.52. The first kappa shape index (κ1) is 14.2. The summed E-state index contributed by atoms with van der Waals surface area (Å²) in [5.41, 5.74) is -1.48. The molecule has 0 amide bonds. The molecule has 3 N–H and O–H groups in total. The van der Waals surface area contributed by atoms with Gasteiger partial charge in [0.25, 0.3) is 0 Å². The van der Waals surface area contributed by atoms with E-state index < -0.39 is 22.9 Å². The van der Waals surface area contributed by atoms with Gasteiger partial charge in [-0.05, 0) is 37.3 Å². The van der Waals surface area contributed by atoms with E-state index in [0.717, 1.165) is 0 Å². The summed E-state index contributed by atoms with van der Waals surface area (Å²) < 4.78 is 0. The number of hydrogen-bond donors (Lipinski definition) is 3. The molecule has 0 radical (unpaired) electrons. The molecule has 0 heterocycles. The zero-order chi connectivity index (χ0) is 15.6. The maximum Gasteiger partial charge on any atom is 0.121 e. The number of aromatic hydroxyl groups is 2. The second-order valence-corrected chi connectivity index (χ2v) is 6.62. The molecule has 2 aliphatic carbocycles. The van der Waals surface area contributed by atoms with E-state index in [-0.39, 0.29) is 29.4 Å². The number of fused-ring (bicyclic) bond motifs is 3. The minimum atomic E-state index is -1.22. The highest BCUT2D eigenvalue weighted by Gasteiger charge is 2.62. The second-order valence-electron chi connectivity index (χ2n) is 6.62. The van der Waals surface area contributed by atoms with Gasteiger partial charge in [0.15, 0.2) is 0 Å². The standard InChI is InChI=1S/C16H20O5/c1-8-5-6-16(14(20)21)7-11(19)12-9(17)3-4-10(18)13(12)15(8,16)2/h3-4,8,11,17-19H,5-7H2,1-2H3,(H,20,21)/p-1/t8-,11?,15?,16?/m0/s1. The Morgan fingerprint density at radius 1 is 1.33 bits per heavy atom. The van der Waals surface area contributed by atoms with E-state index in [4.69, 9.17) is 0 Å². The van der Waals surface area contributed by atoms with Crippen molar-refractivity contribution in [3.8, 4) is 11.5 Å². The van der Waals surface area contributed by atoms with Crippen molar-refractivity contribution in [3.05, 3.63) is 23.3 Å². The summed E-state index contributed by atoms with van der Waals surface area (Å²) in [6.07, 6.45) is -0.0479. The number of aliphatic hydroxyl groups is 1. The Balaban J connectivity index is 2.38. The molecule has 0 aromatic heterocycles. The van der Waals surface area contributed by atoms with E-state index >= 15 is 0 Å². The van der Waals surface area contributed by atoms with E-state index in [9.17, 15) is 25.2 Å². The summed E-state index contributed by atoms with van der Waals surface area (Å²) in [5, 5.41) is 42.6. The number of hydrogen-bond acceptors (Lipinski definition) is 5. The van der Waals surface area contributed by atoms with Crippen LogP contribution in [0, 0.1) is 11.3 Å². The Labute approximate surface area is 122 Å². The highest BCUT2D eigenvalue weighted by molar-refractivity contribution is 5.78. The largest absolute Gasteiger partial charge is 0.550 e. The number of carbonyl (C=O) groups excluding carboxylic acids is 1. The fraction of sp³-hybridized carbons (Fsp3) is 0.562. The van der Waals surface area contributed by atoms with Crippen molar-refractivity contribution in [1.82, 2.24) is 0 Å². The van der Waals surface area contributed by atoms with E-state index in [1.807, 2.05) is 6.92 Å². The number of phenols is 2. The first-order chi connectivity index (χ1) is 9.75. The molecule has 3 unspecified atom stereocenters. The van der Waals surface area contributed by atoms with E-state index in [1.165, 1.54) is 12.1 Å². The van der Waals surface area contributed by atoms with Gasteiger partial charge in [0.2, 0.25) is 0 Å². The third-order valence-corrected chi connectivity index (χ3v) is 5.97. The third kappa shape index (κ3) is 1.47. The van der Waals surface area contributed by atoms with Crippen LogP contribution in [-0.4, -0.2) is 21.3 Å². The van der Waals surface area contributed by atoms with Crippen molar-refractivity contribution in [2.24, 2.45) is 11.3 Å². The van der Waals surface area contributed by atoms with Crippen LogP contribution in [0.5, 0.6) is 11.5 Å². The summed E-state index contributed by atoms with van der Waals surface area (Å²) in [6.45, 7) is 3.74. The van der Waals surface area contributed by atoms with E-state index in [1.54, 1.807) is 6.92 Å². The summed E-state index contributed by atoms with van der Waals surface area (Å²) in [7, 11) is 0. The van der Waals surface area contributed by atoms with Crippen molar-refractivity contribution < 1.29 is 25.2 Å². The van der Waals surface area contributed by atoms with Gasteiger partial charge in [-0.25, -0.2) is 0 Å². The quantitative estimate of drug-likeness (QED) is 0.669. The Kier molecular flexibility index (Phi) is 2.79. The Morgan fingerprint density at radius 2 is 1.95 bits per heavy atom. The Morgan fingerprint density at radius 3 is 2.57 bits per heavy atom. The van der Waals surface area contributed by atoms with Crippen LogP contribution >= 0.6 is 0 Å². The predicted octanol–water partition coefficient (Wildman–Crippen LogP) is 0.959. The number of phenolic OH excluding ortho intramolecular Hbond substituents is 2. The first-order valence-corrected chi connectivity index (χ1v) is 7.20. The minimum absolute atomic E-state index is 0.000185. The minimum Gasteiger partial charge on any atom is -0.550 e. The number of aliphatic hydroxyl groups excluding tert-OH is 1. The smallest absolute Gasteiger partial charge is 0.121 e. The Hall–Kier alpha value is -1.75. The lowest BCUT2D eigenvalue weighted by molar-refractivity contribution is -0.324. The van der Waals surface area contributed by atoms with Gasteiger partial charge < -0.3 is 25.2 Å².